The van der Waals surface area contributed by atoms with Gasteiger partial charge in [0, 0.05) is 18.5 Å². The van der Waals surface area contributed by atoms with Gasteiger partial charge in [-0.05, 0) is 35.1 Å². The minimum Gasteiger partial charge on any atom is -0.324 e. The number of hydrogen-bond acceptors (Lipinski definition) is 3. The van der Waals surface area contributed by atoms with Crippen LogP contribution >= 0.6 is 0 Å². The molecule has 0 bridgehead atoms. The predicted molar refractivity (Wildman–Crippen MR) is 82.6 cm³/mol. The number of halogens is 1. The Kier molecular flexibility index (Phi) is 3.62. The van der Waals surface area contributed by atoms with Crippen molar-refractivity contribution in [1.29, 1.82) is 0 Å². The van der Waals surface area contributed by atoms with Gasteiger partial charge in [0.2, 0.25) is 0 Å². The molecular weight excluding hydrogens is 297 g/mol. The normalized spacial score (nSPS) is 21.8. The Morgan fingerprint density at radius 2 is 1.87 bits per heavy atom. The molecule has 1 aliphatic heterocycles. The topological polar surface area (TPSA) is 54.5 Å². The minimum atomic E-state index is -0.561. The number of nitrogens with zero attached hydrogens (tertiary/aromatic N) is 1. The van der Waals surface area contributed by atoms with E-state index in [-0.39, 0.29) is 36.3 Å². The molecule has 1 heterocycles. The first-order valence-electron chi connectivity index (χ1n) is 7.87. The van der Waals surface area contributed by atoms with Gasteiger partial charge in [-0.3, -0.25) is 14.4 Å². The first-order valence-corrected chi connectivity index (χ1v) is 7.87. The van der Waals surface area contributed by atoms with Crippen LogP contribution in [0.5, 0.6) is 0 Å². The molecule has 1 saturated carbocycles. The largest absolute Gasteiger partial charge is 0.324 e. The molecule has 4 nitrogen and oxygen atoms in total. The molecule has 23 heavy (non-hydrogen) atoms. The third-order valence-electron chi connectivity index (χ3n) is 4.65. The highest BCUT2D eigenvalue weighted by molar-refractivity contribution is 6.07. The summed E-state index contributed by atoms with van der Waals surface area (Å²) in [5, 5.41) is 0. The molecule has 122 valence electrons. The molecule has 0 aromatic heterocycles. The summed E-state index contributed by atoms with van der Waals surface area (Å²) in [6.45, 7) is 5.92. The van der Waals surface area contributed by atoms with E-state index in [1.54, 1.807) is 6.07 Å². The molecular formula is C18H20FNO3. The second-order valence-electron chi connectivity index (χ2n) is 7.41. The monoisotopic (exact) mass is 317 g/mol. The average molecular weight is 317 g/mol. The van der Waals surface area contributed by atoms with Gasteiger partial charge in [-0.15, -0.1) is 0 Å². The summed E-state index contributed by atoms with van der Waals surface area (Å²) in [6, 6.07) is 2.46. The Labute approximate surface area is 134 Å². The zero-order valence-corrected chi connectivity index (χ0v) is 13.6. The van der Waals surface area contributed by atoms with Gasteiger partial charge < -0.3 is 4.90 Å². The molecule has 0 radical (unpaired) electrons. The van der Waals surface area contributed by atoms with Crippen molar-refractivity contribution in [2.45, 2.75) is 58.0 Å². The number of hydrogen-bond donors (Lipinski definition) is 0. The zero-order chi connectivity index (χ0) is 16.9. The average Bonchev–Trinajstić information content (AvgIpc) is 2.73. The molecule has 1 aromatic carbocycles. The highest BCUT2D eigenvalue weighted by Crippen LogP contribution is 2.34. The van der Waals surface area contributed by atoms with Gasteiger partial charge in [-0.2, -0.15) is 0 Å². The number of benzene rings is 1. The smallest absolute Gasteiger partial charge is 0.255 e. The SMILES string of the molecule is CC(C)(C)c1cc2c(cc1F)CN(C1CCC(=O)CC1=O)C2=O. The predicted octanol–water partition coefficient (Wildman–Crippen LogP) is 2.77. The van der Waals surface area contributed by atoms with Crippen LogP contribution in [0.3, 0.4) is 0 Å². The van der Waals surface area contributed by atoms with E-state index in [0.717, 1.165) is 0 Å². The molecule has 1 unspecified atom stereocenters. The standard InChI is InChI=1S/C18H20FNO3/c1-18(2,3)13-8-12-10(6-14(13)19)9-20(17(12)23)15-5-4-11(21)7-16(15)22/h6,8,15H,4-5,7,9H2,1-3H3. The fourth-order valence-electron chi connectivity index (χ4n) is 3.37. The van der Waals surface area contributed by atoms with Gasteiger partial charge in [0.1, 0.15) is 11.6 Å². The van der Waals surface area contributed by atoms with E-state index in [4.69, 9.17) is 0 Å². The maximum Gasteiger partial charge on any atom is 0.255 e. The highest BCUT2D eigenvalue weighted by atomic mass is 19.1. The summed E-state index contributed by atoms with van der Waals surface area (Å²) in [4.78, 5) is 37.6. The van der Waals surface area contributed by atoms with E-state index in [1.165, 1.54) is 11.0 Å². The third-order valence-corrected chi connectivity index (χ3v) is 4.65. The molecule has 5 heteroatoms. The molecule has 1 aromatic rings. The van der Waals surface area contributed by atoms with Crippen LogP contribution in [0, 0.1) is 5.82 Å². The summed E-state index contributed by atoms with van der Waals surface area (Å²) < 4.78 is 14.3. The van der Waals surface area contributed by atoms with Crippen LogP contribution in [0.15, 0.2) is 12.1 Å². The van der Waals surface area contributed by atoms with Gasteiger partial charge in [-0.1, -0.05) is 20.8 Å². The number of rotatable bonds is 1. The third kappa shape index (κ3) is 2.69. The fraction of sp³-hybridized carbons (Fsp3) is 0.500. The number of carbonyl (C=O) groups is 3. The number of Topliss-reactive ketones (excluding diaryl/α,β-unsaturated/α-hetero) is 2. The lowest BCUT2D eigenvalue weighted by Crippen LogP contribution is -2.44. The lowest BCUT2D eigenvalue weighted by molar-refractivity contribution is -0.133. The Morgan fingerprint density at radius 3 is 2.48 bits per heavy atom. The second-order valence-corrected chi connectivity index (χ2v) is 7.41. The minimum absolute atomic E-state index is 0.0727. The van der Waals surface area contributed by atoms with Crippen LogP contribution in [0.2, 0.25) is 0 Å². The van der Waals surface area contributed by atoms with Crippen molar-refractivity contribution in [3.8, 4) is 0 Å². The van der Waals surface area contributed by atoms with E-state index in [0.29, 0.717) is 29.5 Å². The van der Waals surface area contributed by atoms with E-state index < -0.39 is 11.5 Å². The van der Waals surface area contributed by atoms with Crippen molar-refractivity contribution >= 4 is 17.5 Å². The Bertz CT molecular complexity index is 718. The highest BCUT2D eigenvalue weighted by Gasteiger charge is 2.39. The molecule has 3 rings (SSSR count). The summed E-state index contributed by atoms with van der Waals surface area (Å²) >= 11 is 0. The maximum absolute atomic E-state index is 14.3. The van der Waals surface area contributed by atoms with Crippen molar-refractivity contribution < 1.29 is 18.8 Å². The molecule has 2 aliphatic rings. The van der Waals surface area contributed by atoms with Crippen molar-refractivity contribution in [3.63, 3.8) is 0 Å². The van der Waals surface area contributed by atoms with Crippen LogP contribution < -0.4 is 0 Å². The molecule has 1 aliphatic carbocycles. The summed E-state index contributed by atoms with van der Waals surface area (Å²) in [5.74, 6) is -0.843. The number of amides is 1. The van der Waals surface area contributed by atoms with Crippen molar-refractivity contribution in [1.82, 2.24) is 4.90 Å². The van der Waals surface area contributed by atoms with E-state index >= 15 is 0 Å². The lowest BCUT2D eigenvalue weighted by Gasteiger charge is -2.29. The van der Waals surface area contributed by atoms with Crippen LogP contribution in [-0.4, -0.2) is 28.4 Å². The first kappa shape index (κ1) is 15.8. The Morgan fingerprint density at radius 1 is 1.17 bits per heavy atom. The van der Waals surface area contributed by atoms with Gasteiger partial charge in [0.25, 0.3) is 5.91 Å². The number of carbonyl (C=O) groups excluding carboxylic acids is 3. The van der Waals surface area contributed by atoms with Crippen molar-refractivity contribution in [2.24, 2.45) is 0 Å². The number of ketones is 2. The van der Waals surface area contributed by atoms with Gasteiger partial charge in [0.05, 0.1) is 12.5 Å². The van der Waals surface area contributed by atoms with E-state index in [2.05, 4.69) is 0 Å². The molecule has 0 N–H and O–H groups in total. The first-order chi connectivity index (χ1) is 10.7. The second kappa shape index (κ2) is 5.25. The summed E-state index contributed by atoms with van der Waals surface area (Å²) in [6.07, 6.45) is 0.580. The lowest BCUT2D eigenvalue weighted by atomic mass is 9.85. The van der Waals surface area contributed by atoms with Gasteiger partial charge >= 0.3 is 0 Å². The van der Waals surface area contributed by atoms with Crippen molar-refractivity contribution in [2.75, 3.05) is 0 Å². The van der Waals surface area contributed by atoms with Gasteiger partial charge in [-0.25, -0.2) is 4.39 Å². The van der Waals surface area contributed by atoms with Crippen molar-refractivity contribution in [3.05, 3.63) is 34.6 Å². The summed E-state index contributed by atoms with van der Waals surface area (Å²) in [7, 11) is 0. The molecule has 0 spiro atoms. The molecule has 1 atom stereocenters. The Hall–Kier alpha value is -2.04. The van der Waals surface area contributed by atoms with Crippen LogP contribution in [0.25, 0.3) is 0 Å². The van der Waals surface area contributed by atoms with Crippen LogP contribution in [-0.2, 0) is 21.5 Å². The molecule has 0 saturated heterocycles. The quantitative estimate of drug-likeness (QED) is 0.748. The number of fused-ring (bicyclic) bond motifs is 1. The fourth-order valence-corrected chi connectivity index (χ4v) is 3.37. The molecule has 1 fully saturated rings. The van der Waals surface area contributed by atoms with Gasteiger partial charge in [0.15, 0.2) is 5.78 Å². The molecule has 1 amide bonds. The van der Waals surface area contributed by atoms with Crippen LogP contribution in [0.4, 0.5) is 4.39 Å². The Balaban J connectivity index is 1.94. The maximum atomic E-state index is 14.3. The zero-order valence-electron chi connectivity index (χ0n) is 13.6. The van der Waals surface area contributed by atoms with Crippen LogP contribution in [0.1, 0.15) is 61.5 Å². The van der Waals surface area contributed by atoms with E-state index in [9.17, 15) is 18.8 Å². The van der Waals surface area contributed by atoms with E-state index in [1.807, 2.05) is 20.8 Å². The summed E-state index contributed by atoms with van der Waals surface area (Å²) in [5.41, 5.74) is 1.18.